The molecule has 5 heteroatoms. The quantitative estimate of drug-likeness (QED) is 0.528. The summed E-state index contributed by atoms with van der Waals surface area (Å²) < 4.78 is 6.83. The molecule has 120 valence electrons. The van der Waals surface area contributed by atoms with Gasteiger partial charge in [-0.15, -0.1) is 12.4 Å². The second kappa shape index (κ2) is 7.84. The fraction of sp³-hybridized carbons (Fsp3) is 0.167. The van der Waals surface area contributed by atoms with Gasteiger partial charge in [-0.1, -0.05) is 0 Å². The molecule has 0 bridgehead atoms. The van der Waals surface area contributed by atoms with Crippen molar-refractivity contribution < 1.29 is 4.74 Å². The van der Waals surface area contributed by atoms with E-state index in [1.807, 2.05) is 32.0 Å². The van der Waals surface area contributed by atoms with Crippen LogP contribution in [0.25, 0.3) is 10.9 Å². The maximum atomic E-state index is 5.61. The summed E-state index contributed by atoms with van der Waals surface area (Å²) in [5.74, 6) is 0.867. The lowest BCUT2D eigenvalue weighted by Crippen LogP contribution is -1.96. The van der Waals surface area contributed by atoms with Gasteiger partial charge in [-0.25, -0.2) is 0 Å². The van der Waals surface area contributed by atoms with Crippen molar-refractivity contribution >= 4 is 57.3 Å². The van der Waals surface area contributed by atoms with Crippen LogP contribution in [-0.4, -0.2) is 11.6 Å². The number of fused-ring (bicyclic) bond motifs is 1. The summed E-state index contributed by atoms with van der Waals surface area (Å²) in [4.78, 5) is 4.60. The molecule has 1 N–H and O–H groups in total. The van der Waals surface area contributed by atoms with E-state index >= 15 is 0 Å². The molecule has 3 rings (SSSR count). The normalized spacial score (nSPS) is 10.2. The Bertz CT molecular complexity index is 806. The molecule has 2 aromatic carbocycles. The molecular weight excluding hydrogens is 423 g/mol. The molecule has 0 saturated heterocycles. The van der Waals surface area contributed by atoms with Crippen molar-refractivity contribution in [2.45, 2.75) is 13.8 Å². The molecule has 0 aliphatic rings. The average Bonchev–Trinajstić information content (AvgIpc) is 2.50. The largest absolute Gasteiger partial charge is 0.494 e. The molecule has 0 aliphatic heterocycles. The molecule has 0 spiro atoms. The van der Waals surface area contributed by atoms with E-state index in [9.17, 15) is 0 Å². The first-order valence-corrected chi connectivity index (χ1v) is 8.30. The smallest absolute Gasteiger partial charge is 0.120 e. The Morgan fingerprint density at radius 2 is 1.83 bits per heavy atom. The van der Waals surface area contributed by atoms with Crippen LogP contribution in [0.1, 0.15) is 12.6 Å². The summed E-state index contributed by atoms with van der Waals surface area (Å²) in [6.07, 6.45) is 0. The highest BCUT2D eigenvalue weighted by Gasteiger charge is 2.06. The molecule has 1 aromatic heterocycles. The number of aromatic nitrogens is 1. The Labute approximate surface area is 156 Å². The summed E-state index contributed by atoms with van der Waals surface area (Å²) in [6.45, 7) is 4.65. The van der Waals surface area contributed by atoms with E-state index in [2.05, 4.69) is 63.2 Å². The van der Waals surface area contributed by atoms with Crippen LogP contribution in [0.15, 0.2) is 48.5 Å². The lowest BCUT2D eigenvalue weighted by Gasteiger charge is -2.12. The number of hydrogen-bond acceptors (Lipinski definition) is 3. The van der Waals surface area contributed by atoms with Crippen molar-refractivity contribution in [3.63, 3.8) is 0 Å². The van der Waals surface area contributed by atoms with E-state index in [0.717, 1.165) is 33.7 Å². The molecule has 0 aliphatic carbocycles. The highest BCUT2D eigenvalue weighted by molar-refractivity contribution is 14.1. The van der Waals surface area contributed by atoms with Crippen LogP contribution in [0, 0.1) is 10.5 Å². The van der Waals surface area contributed by atoms with Crippen LogP contribution in [-0.2, 0) is 0 Å². The van der Waals surface area contributed by atoms with Gasteiger partial charge in [0.05, 0.1) is 12.1 Å². The van der Waals surface area contributed by atoms with Crippen LogP contribution in [0.5, 0.6) is 5.75 Å². The maximum Gasteiger partial charge on any atom is 0.120 e. The standard InChI is InChI=1S/C18H17IN2O.ClH/c1-3-22-15-8-9-17-16(11-15)18(10-12(2)20-17)21-14-6-4-13(19)5-7-14;/h4-11H,3H2,1-2H3,(H,20,21);1H. The van der Waals surface area contributed by atoms with Gasteiger partial charge >= 0.3 is 0 Å². The van der Waals surface area contributed by atoms with Gasteiger partial charge in [-0.2, -0.15) is 0 Å². The van der Waals surface area contributed by atoms with Gasteiger partial charge in [-0.05, 0) is 85.0 Å². The monoisotopic (exact) mass is 440 g/mol. The minimum absolute atomic E-state index is 0. The molecule has 1 heterocycles. The predicted octanol–water partition coefficient (Wildman–Crippen LogP) is 5.71. The third kappa shape index (κ3) is 4.26. The van der Waals surface area contributed by atoms with E-state index in [1.165, 1.54) is 3.57 Å². The van der Waals surface area contributed by atoms with E-state index < -0.39 is 0 Å². The number of hydrogen-bond donors (Lipinski definition) is 1. The molecule has 3 nitrogen and oxygen atoms in total. The Morgan fingerprint density at radius 3 is 2.52 bits per heavy atom. The van der Waals surface area contributed by atoms with Gasteiger partial charge in [0.2, 0.25) is 0 Å². The van der Waals surface area contributed by atoms with Gasteiger partial charge in [0.15, 0.2) is 0 Å². The van der Waals surface area contributed by atoms with Gasteiger partial charge in [0, 0.05) is 26.0 Å². The molecule has 0 radical (unpaired) electrons. The zero-order chi connectivity index (χ0) is 15.5. The summed E-state index contributed by atoms with van der Waals surface area (Å²) in [5, 5.41) is 4.55. The topological polar surface area (TPSA) is 34.1 Å². The summed E-state index contributed by atoms with van der Waals surface area (Å²) in [7, 11) is 0. The second-order valence-corrected chi connectivity index (χ2v) is 6.30. The number of benzene rings is 2. The second-order valence-electron chi connectivity index (χ2n) is 5.06. The Kier molecular flexibility index (Phi) is 6.07. The van der Waals surface area contributed by atoms with Gasteiger partial charge in [0.25, 0.3) is 0 Å². The van der Waals surface area contributed by atoms with Crippen molar-refractivity contribution in [3.8, 4) is 5.75 Å². The highest BCUT2D eigenvalue weighted by atomic mass is 127. The molecular formula is C18H18ClIN2O. The Balaban J connectivity index is 0.00000192. The number of nitrogens with one attached hydrogen (secondary N) is 1. The van der Waals surface area contributed by atoms with Gasteiger partial charge in [0.1, 0.15) is 5.75 Å². The third-order valence-corrected chi connectivity index (χ3v) is 4.06. The molecule has 0 atom stereocenters. The van der Waals surface area contributed by atoms with E-state index in [0.29, 0.717) is 6.61 Å². The maximum absolute atomic E-state index is 5.61. The van der Waals surface area contributed by atoms with Crippen molar-refractivity contribution in [2.24, 2.45) is 0 Å². The lowest BCUT2D eigenvalue weighted by atomic mass is 10.1. The zero-order valence-corrected chi connectivity index (χ0v) is 15.9. The van der Waals surface area contributed by atoms with Crippen LogP contribution in [0.4, 0.5) is 11.4 Å². The van der Waals surface area contributed by atoms with Crippen molar-refractivity contribution in [1.82, 2.24) is 4.98 Å². The van der Waals surface area contributed by atoms with Crippen LogP contribution >= 0.6 is 35.0 Å². The van der Waals surface area contributed by atoms with E-state index in [-0.39, 0.29) is 12.4 Å². The average molecular weight is 441 g/mol. The van der Waals surface area contributed by atoms with Crippen molar-refractivity contribution in [1.29, 1.82) is 0 Å². The number of nitrogens with zero attached hydrogens (tertiary/aromatic N) is 1. The minimum Gasteiger partial charge on any atom is -0.494 e. The summed E-state index contributed by atoms with van der Waals surface area (Å²) in [6, 6.07) is 16.4. The fourth-order valence-corrected chi connectivity index (χ4v) is 2.75. The van der Waals surface area contributed by atoms with E-state index in [4.69, 9.17) is 4.74 Å². The molecule has 0 amide bonds. The van der Waals surface area contributed by atoms with Crippen LogP contribution < -0.4 is 10.1 Å². The first-order chi connectivity index (χ1) is 10.7. The van der Waals surface area contributed by atoms with E-state index in [1.54, 1.807) is 0 Å². The van der Waals surface area contributed by atoms with Crippen LogP contribution in [0.3, 0.4) is 0 Å². The van der Waals surface area contributed by atoms with Crippen LogP contribution in [0.2, 0.25) is 0 Å². The lowest BCUT2D eigenvalue weighted by molar-refractivity contribution is 0.340. The predicted molar refractivity (Wildman–Crippen MR) is 107 cm³/mol. The number of anilines is 2. The Morgan fingerprint density at radius 1 is 1.09 bits per heavy atom. The Hall–Kier alpha value is -1.53. The number of pyridine rings is 1. The highest BCUT2D eigenvalue weighted by Crippen LogP contribution is 2.29. The molecule has 0 fully saturated rings. The SMILES string of the molecule is CCOc1ccc2nc(C)cc(Nc3ccc(I)cc3)c2c1.Cl. The van der Waals surface area contributed by atoms with Crippen molar-refractivity contribution in [3.05, 3.63) is 57.8 Å². The first kappa shape index (κ1) is 17.8. The van der Waals surface area contributed by atoms with Gasteiger partial charge in [-0.3, -0.25) is 4.98 Å². The summed E-state index contributed by atoms with van der Waals surface area (Å²) in [5.41, 5.74) is 4.07. The molecule has 0 saturated carbocycles. The summed E-state index contributed by atoms with van der Waals surface area (Å²) >= 11 is 2.31. The number of aryl methyl sites for hydroxylation is 1. The minimum atomic E-state index is 0. The number of ether oxygens (including phenoxy) is 1. The molecule has 23 heavy (non-hydrogen) atoms. The number of halogens is 2. The number of rotatable bonds is 4. The first-order valence-electron chi connectivity index (χ1n) is 7.22. The molecule has 3 aromatic rings. The third-order valence-electron chi connectivity index (χ3n) is 3.34. The zero-order valence-electron chi connectivity index (χ0n) is 13.0. The molecule has 0 unspecified atom stereocenters. The van der Waals surface area contributed by atoms with Crippen molar-refractivity contribution in [2.75, 3.05) is 11.9 Å². The van der Waals surface area contributed by atoms with Gasteiger partial charge < -0.3 is 10.1 Å². The fourth-order valence-electron chi connectivity index (χ4n) is 2.39.